The number of carbonyl (C=O) groups is 3. The first kappa shape index (κ1) is 18.5. The number of benzene rings is 2. The number of nitrogens with one attached hydrogen (secondary N) is 1. The van der Waals surface area contributed by atoms with Crippen molar-refractivity contribution in [2.45, 2.75) is 6.61 Å². The van der Waals surface area contributed by atoms with Gasteiger partial charge in [0.1, 0.15) is 12.4 Å². The Labute approximate surface area is 166 Å². The summed E-state index contributed by atoms with van der Waals surface area (Å²) < 4.78 is 6.60. The number of imide groups is 1. The van der Waals surface area contributed by atoms with Gasteiger partial charge >= 0.3 is 0 Å². The Balaban J connectivity index is 1.68. The molecule has 1 N–H and O–H groups in total. The van der Waals surface area contributed by atoms with Gasteiger partial charge in [0.2, 0.25) is 0 Å². The van der Waals surface area contributed by atoms with Crippen LogP contribution in [0.5, 0.6) is 5.75 Å². The molecule has 2 amide bonds. The molecule has 0 bridgehead atoms. The average Bonchev–Trinajstić information content (AvgIpc) is 2.91. The van der Waals surface area contributed by atoms with E-state index < -0.39 is 11.9 Å². The number of amides is 2. The second-order valence-electron chi connectivity index (χ2n) is 5.32. The van der Waals surface area contributed by atoms with Gasteiger partial charge in [-0.25, -0.2) is 0 Å². The normalized spacial score (nSPS) is 15.2. The molecule has 0 atom stereocenters. The molecule has 1 heterocycles. The molecular formula is C18H11INO5S-. The third kappa shape index (κ3) is 4.44. The first-order valence-electron chi connectivity index (χ1n) is 7.40. The summed E-state index contributed by atoms with van der Waals surface area (Å²) in [7, 11) is 0. The van der Waals surface area contributed by atoms with E-state index in [1.807, 2.05) is 6.07 Å². The number of carboxylic acid groups (broad SMARTS) is 1. The van der Waals surface area contributed by atoms with Crippen LogP contribution in [0, 0.1) is 3.57 Å². The Bertz CT molecular complexity index is 924. The van der Waals surface area contributed by atoms with Crippen LogP contribution in [-0.2, 0) is 11.4 Å². The zero-order valence-electron chi connectivity index (χ0n) is 13.2. The van der Waals surface area contributed by atoms with Crippen LogP contribution in [-0.4, -0.2) is 17.1 Å². The van der Waals surface area contributed by atoms with E-state index in [1.165, 1.54) is 12.1 Å². The number of halogens is 1. The molecule has 2 aromatic carbocycles. The number of aromatic carboxylic acids is 1. The number of ether oxygens (including phenoxy) is 1. The predicted molar refractivity (Wildman–Crippen MR) is 103 cm³/mol. The second kappa shape index (κ2) is 7.92. The van der Waals surface area contributed by atoms with Crippen LogP contribution >= 0.6 is 34.4 Å². The summed E-state index contributed by atoms with van der Waals surface area (Å²) >= 11 is 2.99. The molecule has 0 aliphatic carbocycles. The fourth-order valence-electron chi connectivity index (χ4n) is 2.19. The van der Waals surface area contributed by atoms with Gasteiger partial charge in [-0.1, -0.05) is 30.3 Å². The molecule has 1 saturated heterocycles. The number of hydrogen-bond acceptors (Lipinski definition) is 6. The van der Waals surface area contributed by atoms with Gasteiger partial charge < -0.3 is 14.6 Å². The molecule has 2 aromatic rings. The molecule has 6 nitrogen and oxygen atoms in total. The first-order chi connectivity index (χ1) is 12.4. The van der Waals surface area contributed by atoms with Crippen molar-refractivity contribution in [3.8, 4) is 5.75 Å². The lowest BCUT2D eigenvalue weighted by atomic mass is 10.1. The smallest absolute Gasteiger partial charge is 0.290 e. The van der Waals surface area contributed by atoms with Crippen molar-refractivity contribution in [3.05, 3.63) is 67.6 Å². The number of thioether (sulfide) groups is 1. The molecule has 0 aromatic heterocycles. The first-order valence-corrected chi connectivity index (χ1v) is 9.29. The highest BCUT2D eigenvalue weighted by molar-refractivity contribution is 14.1. The maximum Gasteiger partial charge on any atom is 0.290 e. The summed E-state index contributed by atoms with van der Waals surface area (Å²) in [4.78, 5) is 33.9. The van der Waals surface area contributed by atoms with E-state index in [0.29, 0.717) is 10.7 Å². The summed E-state index contributed by atoms with van der Waals surface area (Å²) in [6.07, 6.45) is 1.65. The summed E-state index contributed by atoms with van der Waals surface area (Å²) in [6.45, 7) is 0.288. The predicted octanol–water partition coefficient (Wildman–Crippen LogP) is 2.56. The molecule has 8 heteroatoms. The van der Waals surface area contributed by atoms with Crippen molar-refractivity contribution in [1.82, 2.24) is 5.32 Å². The largest absolute Gasteiger partial charge is 0.545 e. The van der Waals surface area contributed by atoms with Crippen molar-refractivity contribution in [2.75, 3.05) is 0 Å². The van der Waals surface area contributed by atoms with E-state index >= 15 is 0 Å². The van der Waals surface area contributed by atoms with Crippen LogP contribution < -0.4 is 15.2 Å². The molecule has 1 fully saturated rings. The van der Waals surface area contributed by atoms with Gasteiger partial charge in [0.05, 0.1) is 14.4 Å². The van der Waals surface area contributed by atoms with Crippen LogP contribution in [0.25, 0.3) is 6.08 Å². The molecule has 0 spiro atoms. The van der Waals surface area contributed by atoms with Gasteiger partial charge in [0.15, 0.2) is 0 Å². The minimum absolute atomic E-state index is 0.119. The van der Waals surface area contributed by atoms with Crippen molar-refractivity contribution in [2.24, 2.45) is 0 Å². The van der Waals surface area contributed by atoms with Crippen LogP contribution in [0.4, 0.5) is 4.79 Å². The van der Waals surface area contributed by atoms with E-state index in [-0.39, 0.29) is 17.4 Å². The van der Waals surface area contributed by atoms with Crippen molar-refractivity contribution >= 4 is 57.5 Å². The minimum atomic E-state index is -1.22. The SMILES string of the molecule is O=C1NC(=O)/C(=C\c2ccc(OCc3ccc(C(=O)[O-])cc3)c(I)c2)S1. The molecule has 0 radical (unpaired) electrons. The Morgan fingerprint density at radius 3 is 2.50 bits per heavy atom. The van der Waals surface area contributed by atoms with Gasteiger partial charge in [-0.15, -0.1) is 0 Å². The lowest BCUT2D eigenvalue weighted by Gasteiger charge is -2.10. The molecule has 0 unspecified atom stereocenters. The average molecular weight is 480 g/mol. The molecule has 3 rings (SSSR count). The number of hydrogen-bond donors (Lipinski definition) is 1. The summed E-state index contributed by atoms with van der Waals surface area (Å²) in [6, 6.07) is 11.7. The minimum Gasteiger partial charge on any atom is -0.545 e. The highest BCUT2D eigenvalue weighted by atomic mass is 127. The van der Waals surface area contributed by atoms with Crippen LogP contribution in [0.15, 0.2) is 47.4 Å². The third-order valence-electron chi connectivity index (χ3n) is 3.48. The Kier molecular flexibility index (Phi) is 5.62. The molecule has 1 aliphatic heterocycles. The van der Waals surface area contributed by atoms with Crippen molar-refractivity contribution in [3.63, 3.8) is 0 Å². The maximum absolute atomic E-state index is 11.6. The summed E-state index contributed by atoms with van der Waals surface area (Å²) in [5, 5.41) is 12.6. The van der Waals surface area contributed by atoms with E-state index in [0.717, 1.165) is 26.5 Å². The molecule has 132 valence electrons. The molecule has 0 saturated carbocycles. The van der Waals surface area contributed by atoms with E-state index in [9.17, 15) is 19.5 Å². The van der Waals surface area contributed by atoms with E-state index in [2.05, 4.69) is 27.9 Å². The fourth-order valence-corrected chi connectivity index (χ4v) is 3.57. The van der Waals surface area contributed by atoms with Crippen molar-refractivity contribution in [1.29, 1.82) is 0 Å². The van der Waals surface area contributed by atoms with Crippen LogP contribution in [0.2, 0.25) is 0 Å². The fraction of sp³-hybridized carbons (Fsp3) is 0.0556. The Morgan fingerprint density at radius 2 is 1.92 bits per heavy atom. The Morgan fingerprint density at radius 1 is 1.19 bits per heavy atom. The Hall–Kier alpha value is -2.33. The summed E-state index contributed by atoms with van der Waals surface area (Å²) in [5.74, 6) is -0.945. The lowest BCUT2D eigenvalue weighted by molar-refractivity contribution is -0.255. The monoisotopic (exact) mass is 480 g/mol. The molecule has 26 heavy (non-hydrogen) atoms. The van der Waals surface area contributed by atoms with Crippen LogP contribution in [0.1, 0.15) is 21.5 Å². The standard InChI is InChI=1S/C18H12INO5S/c19-13-7-11(8-15-16(21)20-18(24)26-15)3-6-14(13)25-9-10-1-4-12(5-2-10)17(22)23/h1-8H,9H2,(H,22,23)(H,20,21,24)/p-1/b15-8+. The number of carboxylic acids is 1. The number of carbonyl (C=O) groups excluding carboxylic acids is 3. The zero-order chi connectivity index (χ0) is 18.7. The molecule has 1 aliphatic rings. The van der Waals surface area contributed by atoms with Gasteiger partial charge in [0.25, 0.3) is 11.1 Å². The van der Waals surface area contributed by atoms with Gasteiger partial charge in [-0.3, -0.25) is 14.9 Å². The van der Waals surface area contributed by atoms with E-state index in [1.54, 1.807) is 30.3 Å². The third-order valence-corrected chi connectivity index (χ3v) is 5.13. The van der Waals surface area contributed by atoms with Crippen LogP contribution in [0.3, 0.4) is 0 Å². The second-order valence-corrected chi connectivity index (χ2v) is 7.49. The zero-order valence-corrected chi connectivity index (χ0v) is 16.1. The van der Waals surface area contributed by atoms with Gasteiger partial charge in [0, 0.05) is 0 Å². The highest BCUT2D eigenvalue weighted by Gasteiger charge is 2.24. The molecular weight excluding hydrogens is 469 g/mol. The lowest BCUT2D eigenvalue weighted by Crippen LogP contribution is -2.22. The van der Waals surface area contributed by atoms with Gasteiger partial charge in [-0.05, 0) is 69.3 Å². The van der Waals surface area contributed by atoms with Gasteiger partial charge in [-0.2, -0.15) is 0 Å². The summed E-state index contributed by atoms with van der Waals surface area (Å²) in [5.41, 5.74) is 1.73. The number of rotatable bonds is 5. The van der Waals surface area contributed by atoms with E-state index in [4.69, 9.17) is 4.74 Å². The maximum atomic E-state index is 11.6. The van der Waals surface area contributed by atoms with Crippen molar-refractivity contribution < 1.29 is 24.2 Å². The topological polar surface area (TPSA) is 95.5 Å². The highest BCUT2D eigenvalue weighted by Crippen LogP contribution is 2.28. The quantitative estimate of drug-likeness (QED) is 0.522.